The molecule has 0 aliphatic carbocycles. The summed E-state index contributed by atoms with van der Waals surface area (Å²) in [6, 6.07) is 11.7. The van der Waals surface area contributed by atoms with Crippen LogP contribution < -0.4 is 14.9 Å². The van der Waals surface area contributed by atoms with E-state index in [2.05, 4.69) is 10.0 Å². The lowest BCUT2D eigenvalue weighted by Gasteiger charge is -2.14. The molecular formula is C20H21N3O5S. The van der Waals surface area contributed by atoms with E-state index in [-0.39, 0.29) is 35.6 Å². The highest BCUT2D eigenvalue weighted by molar-refractivity contribution is 7.89. The number of carbonyl (C=O) groups excluding carboxylic acids is 3. The van der Waals surface area contributed by atoms with Crippen molar-refractivity contribution in [1.82, 2.24) is 4.72 Å². The molecule has 2 N–H and O–H groups in total. The van der Waals surface area contributed by atoms with Gasteiger partial charge in [0.2, 0.25) is 21.8 Å². The molecule has 0 saturated carbocycles. The molecule has 0 radical (unpaired) electrons. The molecule has 3 amide bonds. The number of anilines is 2. The van der Waals surface area contributed by atoms with Crippen LogP contribution in [0.15, 0.2) is 53.4 Å². The average molecular weight is 415 g/mol. The first-order chi connectivity index (χ1) is 13.7. The first-order valence-corrected chi connectivity index (χ1v) is 10.6. The van der Waals surface area contributed by atoms with Crippen molar-refractivity contribution in [2.24, 2.45) is 0 Å². The number of imide groups is 1. The Bertz CT molecular complexity index is 1030. The molecule has 2 aromatic carbocycles. The summed E-state index contributed by atoms with van der Waals surface area (Å²) in [5.74, 6) is -0.907. The summed E-state index contributed by atoms with van der Waals surface area (Å²) >= 11 is 0. The number of rotatable bonds is 6. The van der Waals surface area contributed by atoms with Crippen LogP contribution >= 0.6 is 0 Å². The second kappa shape index (κ2) is 8.14. The van der Waals surface area contributed by atoms with Crippen LogP contribution in [0.1, 0.15) is 37.0 Å². The molecular weight excluding hydrogens is 394 g/mol. The van der Waals surface area contributed by atoms with Gasteiger partial charge < -0.3 is 5.32 Å². The van der Waals surface area contributed by atoms with Gasteiger partial charge in [0.15, 0.2) is 0 Å². The van der Waals surface area contributed by atoms with Crippen molar-refractivity contribution in [2.45, 2.75) is 37.6 Å². The van der Waals surface area contributed by atoms with E-state index in [4.69, 9.17) is 0 Å². The van der Waals surface area contributed by atoms with E-state index in [9.17, 15) is 22.8 Å². The number of hydrogen-bond donors (Lipinski definition) is 2. The summed E-state index contributed by atoms with van der Waals surface area (Å²) in [4.78, 5) is 37.2. The third-order valence-corrected chi connectivity index (χ3v) is 5.93. The molecule has 2 aromatic rings. The van der Waals surface area contributed by atoms with E-state index in [0.29, 0.717) is 16.9 Å². The number of carbonyl (C=O) groups is 3. The van der Waals surface area contributed by atoms with Crippen molar-refractivity contribution < 1.29 is 22.8 Å². The average Bonchev–Trinajstić information content (AvgIpc) is 2.99. The van der Waals surface area contributed by atoms with Gasteiger partial charge in [-0.1, -0.05) is 0 Å². The van der Waals surface area contributed by atoms with Crippen molar-refractivity contribution in [2.75, 3.05) is 10.2 Å². The third kappa shape index (κ3) is 4.69. The Balaban J connectivity index is 1.69. The van der Waals surface area contributed by atoms with Crippen molar-refractivity contribution in [1.29, 1.82) is 0 Å². The summed E-state index contributed by atoms with van der Waals surface area (Å²) < 4.78 is 26.8. The fourth-order valence-electron chi connectivity index (χ4n) is 2.93. The van der Waals surface area contributed by atoms with Crippen molar-refractivity contribution in [3.05, 3.63) is 54.1 Å². The van der Waals surface area contributed by atoms with Crippen LogP contribution in [0.5, 0.6) is 0 Å². The van der Waals surface area contributed by atoms with Gasteiger partial charge in [0.1, 0.15) is 0 Å². The lowest BCUT2D eigenvalue weighted by Crippen LogP contribution is -2.30. The van der Waals surface area contributed by atoms with Crippen LogP contribution in [0.25, 0.3) is 0 Å². The Morgan fingerprint density at radius 2 is 1.48 bits per heavy atom. The van der Waals surface area contributed by atoms with Crippen LogP contribution in [0, 0.1) is 0 Å². The SMILES string of the molecule is CC(C)NS(=O)(=O)c1ccc(NC(=O)c2ccc(N3C(=O)CCC3=O)cc2)cc1. The minimum Gasteiger partial charge on any atom is -0.322 e. The number of amides is 3. The molecule has 1 aliphatic heterocycles. The van der Waals surface area contributed by atoms with E-state index in [1.807, 2.05) is 0 Å². The maximum Gasteiger partial charge on any atom is 0.255 e. The minimum atomic E-state index is -3.60. The summed E-state index contributed by atoms with van der Waals surface area (Å²) in [6.07, 6.45) is 0.388. The molecule has 29 heavy (non-hydrogen) atoms. The number of hydrogen-bond acceptors (Lipinski definition) is 5. The molecule has 0 bridgehead atoms. The van der Waals surface area contributed by atoms with Crippen LogP contribution in [-0.2, 0) is 19.6 Å². The number of nitrogens with zero attached hydrogens (tertiary/aromatic N) is 1. The maximum atomic E-state index is 12.4. The quantitative estimate of drug-likeness (QED) is 0.703. The van der Waals surface area contributed by atoms with Gasteiger partial charge in [-0.3, -0.25) is 19.3 Å². The molecule has 1 heterocycles. The fraction of sp³-hybridized carbons (Fsp3) is 0.250. The first-order valence-electron chi connectivity index (χ1n) is 9.07. The second-order valence-electron chi connectivity index (χ2n) is 6.92. The zero-order valence-electron chi connectivity index (χ0n) is 16.0. The normalized spacial score (nSPS) is 14.5. The Labute approximate surface area is 169 Å². The first kappa shape index (κ1) is 20.7. The molecule has 9 heteroatoms. The Hall–Kier alpha value is -3.04. The van der Waals surface area contributed by atoms with Gasteiger partial charge in [0.05, 0.1) is 10.6 Å². The van der Waals surface area contributed by atoms with Crippen molar-refractivity contribution in [3.63, 3.8) is 0 Å². The standard InChI is InChI=1S/C20H21N3O5S/c1-13(2)22-29(27,28)17-9-5-15(6-10-17)21-20(26)14-3-7-16(8-4-14)23-18(24)11-12-19(23)25/h3-10,13,22H,11-12H2,1-2H3,(H,21,26). The van der Waals surface area contributed by atoms with Gasteiger partial charge in [-0.15, -0.1) is 0 Å². The highest BCUT2D eigenvalue weighted by Gasteiger charge is 2.30. The number of nitrogens with one attached hydrogen (secondary N) is 2. The maximum absolute atomic E-state index is 12.4. The molecule has 0 unspecified atom stereocenters. The molecule has 0 atom stereocenters. The van der Waals surface area contributed by atoms with E-state index in [1.165, 1.54) is 36.4 Å². The Kier molecular flexibility index (Phi) is 5.81. The lowest BCUT2D eigenvalue weighted by molar-refractivity contribution is -0.121. The molecule has 1 aliphatic rings. The van der Waals surface area contributed by atoms with Gasteiger partial charge in [-0.2, -0.15) is 0 Å². The molecule has 152 valence electrons. The van der Waals surface area contributed by atoms with Gasteiger partial charge in [0.25, 0.3) is 5.91 Å². The van der Waals surface area contributed by atoms with Gasteiger partial charge in [-0.25, -0.2) is 13.1 Å². The summed E-state index contributed by atoms with van der Waals surface area (Å²) in [7, 11) is -3.60. The van der Waals surface area contributed by atoms with E-state index >= 15 is 0 Å². The van der Waals surface area contributed by atoms with Crippen LogP contribution in [0.4, 0.5) is 11.4 Å². The molecule has 0 aromatic heterocycles. The minimum absolute atomic E-state index is 0.105. The van der Waals surface area contributed by atoms with Crippen LogP contribution in [-0.4, -0.2) is 32.2 Å². The number of benzene rings is 2. The van der Waals surface area contributed by atoms with Crippen molar-refractivity contribution >= 4 is 39.1 Å². The highest BCUT2D eigenvalue weighted by Crippen LogP contribution is 2.23. The van der Waals surface area contributed by atoms with Gasteiger partial charge >= 0.3 is 0 Å². The predicted octanol–water partition coefficient (Wildman–Crippen LogP) is 2.28. The largest absolute Gasteiger partial charge is 0.322 e. The topological polar surface area (TPSA) is 113 Å². The number of sulfonamides is 1. The predicted molar refractivity (Wildman–Crippen MR) is 108 cm³/mol. The molecule has 1 fully saturated rings. The molecule has 8 nitrogen and oxygen atoms in total. The molecule has 0 spiro atoms. The van der Waals surface area contributed by atoms with Gasteiger partial charge in [0, 0.05) is 30.1 Å². The van der Waals surface area contributed by atoms with Crippen LogP contribution in [0.3, 0.4) is 0 Å². The van der Waals surface area contributed by atoms with E-state index < -0.39 is 15.9 Å². The Morgan fingerprint density at radius 1 is 0.931 bits per heavy atom. The van der Waals surface area contributed by atoms with E-state index in [0.717, 1.165) is 4.90 Å². The summed E-state index contributed by atoms with van der Waals surface area (Å²) in [5.41, 5.74) is 1.21. The smallest absolute Gasteiger partial charge is 0.255 e. The van der Waals surface area contributed by atoms with Gasteiger partial charge in [-0.05, 0) is 62.4 Å². The van der Waals surface area contributed by atoms with Crippen LogP contribution in [0.2, 0.25) is 0 Å². The van der Waals surface area contributed by atoms with E-state index in [1.54, 1.807) is 26.0 Å². The van der Waals surface area contributed by atoms with Crippen molar-refractivity contribution in [3.8, 4) is 0 Å². The lowest BCUT2D eigenvalue weighted by atomic mass is 10.1. The third-order valence-electron chi connectivity index (χ3n) is 4.25. The zero-order valence-corrected chi connectivity index (χ0v) is 16.8. The monoisotopic (exact) mass is 415 g/mol. The molecule has 1 saturated heterocycles. The molecule has 3 rings (SSSR count). The summed E-state index contributed by atoms with van der Waals surface area (Å²) in [5, 5.41) is 2.68. The second-order valence-corrected chi connectivity index (χ2v) is 8.64. The Morgan fingerprint density at radius 3 is 2.00 bits per heavy atom. The fourth-order valence-corrected chi connectivity index (χ4v) is 4.18. The summed E-state index contributed by atoms with van der Waals surface area (Å²) in [6.45, 7) is 3.46. The highest BCUT2D eigenvalue weighted by atomic mass is 32.2. The zero-order chi connectivity index (χ0) is 21.2.